The number of anilines is 1. The fraction of sp³-hybridized carbons (Fsp3) is 0.158. The number of fused-ring (bicyclic) bond motifs is 1. The monoisotopic (exact) mass is 364 g/mol. The van der Waals surface area contributed by atoms with Gasteiger partial charge in [-0.3, -0.25) is 14.2 Å². The number of nitrogens with one attached hydrogen (secondary N) is 1. The van der Waals surface area contributed by atoms with Gasteiger partial charge in [-0.15, -0.1) is 0 Å². The Morgan fingerprint density at radius 1 is 1.27 bits per heavy atom. The van der Waals surface area contributed by atoms with Gasteiger partial charge in [0.05, 0.1) is 27.8 Å². The molecule has 0 aliphatic carbocycles. The van der Waals surface area contributed by atoms with E-state index in [1.165, 1.54) is 16.3 Å². The lowest BCUT2D eigenvalue weighted by molar-refractivity contribution is -0.115. The summed E-state index contributed by atoms with van der Waals surface area (Å²) < 4.78 is 1.45. The highest BCUT2D eigenvalue weighted by molar-refractivity contribution is 8.00. The van der Waals surface area contributed by atoms with E-state index in [2.05, 4.69) is 10.3 Å². The van der Waals surface area contributed by atoms with Gasteiger partial charge in [0.15, 0.2) is 5.16 Å². The van der Waals surface area contributed by atoms with Crippen molar-refractivity contribution < 1.29 is 4.79 Å². The molecule has 3 rings (SSSR count). The predicted octanol–water partition coefficient (Wildman–Crippen LogP) is 2.92. The zero-order chi connectivity index (χ0) is 18.7. The van der Waals surface area contributed by atoms with Crippen molar-refractivity contribution in [1.82, 2.24) is 9.55 Å². The average molecular weight is 364 g/mol. The second-order valence-corrected chi connectivity index (χ2v) is 7.03. The highest BCUT2D eigenvalue weighted by Crippen LogP contribution is 2.23. The Balaban J connectivity index is 1.81. The minimum Gasteiger partial charge on any atom is -0.325 e. The van der Waals surface area contributed by atoms with Crippen LogP contribution in [0.5, 0.6) is 0 Å². The summed E-state index contributed by atoms with van der Waals surface area (Å²) in [5.74, 6) is -0.229. The number of para-hydroxylation sites is 1. The summed E-state index contributed by atoms with van der Waals surface area (Å²) in [6, 6.07) is 15.9. The van der Waals surface area contributed by atoms with Crippen molar-refractivity contribution in [3.05, 3.63) is 64.4 Å². The van der Waals surface area contributed by atoms with Crippen LogP contribution in [0.15, 0.2) is 58.5 Å². The Labute approximate surface area is 154 Å². The fourth-order valence-corrected chi connectivity index (χ4v) is 3.30. The summed E-state index contributed by atoms with van der Waals surface area (Å²) in [6.07, 6.45) is 0. The zero-order valence-electron chi connectivity index (χ0n) is 14.3. The van der Waals surface area contributed by atoms with Crippen molar-refractivity contribution in [3.63, 3.8) is 0 Å². The topological polar surface area (TPSA) is 87.8 Å². The Morgan fingerprint density at radius 2 is 2.04 bits per heavy atom. The molecule has 1 amide bonds. The maximum Gasteiger partial charge on any atom is 0.261 e. The summed E-state index contributed by atoms with van der Waals surface area (Å²) in [5, 5.41) is 12.3. The van der Waals surface area contributed by atoms with E-state index in [1.54, 1.807) is 56.4 Å². The summed E-state index contributed by atoms with van der Waals surface area (Å²) in [7, 11) is 1.64. The molecule has 7 heteroatoms. The van der Waals surface area contributed by atoms with Gasteiger partial charge < -0.3 is 5.32 Å². The third kappa shape index (κ3) is 3.60. The van der Waals surface area contributed by atoms with Crippen molar-refractivity contribution >= 4 is 34.3 Å². The Bertz CT molecular complexity index is 1080. The summed E-state index contributed by atoms with van der Waals surface area (Å²) in [5.41, 5.74) is 1.49. The normalized spacial score (nSPS) is 11.7. The van der Waals surface area contributed by atoms with Crippen LogP contribution in [0.2, 0.25) is 0 Å². The number of nitrogens with zero attached hydrogens (tertiary/aromatic N) is 3. The maximum absolute atomic E-state index is 12.4. The van der Waals surface area contributed by atoms with Gasteiger partial charge >= 0.3 is 0 Å². The molecule has 1 N–H and O–H groups in total. The Kier molecular flexibility index (Phi) is 5.05. The van der Waals surface area contributed by atoms with Crippen LogP contribution in [-0.2, 0) is 11.8 Å². The molecule has 1 heterocycles. The molecule has 2 aromatic carbocycles. The molecule has 0 radical (unpaired) electrons. The number of amides is 1. The van der Waals surface area contributed by atoms with E-state index in [9.17, 15) is 9.59 Å². The van der Waals surface area contributed by atoms with Gasteiger partial charge in [0.25, 0.3) is 5.56 Å². The van der Waals surface area contributed by atoms with Crippen molar-refractivity contribution in [2.24, 2.45) is 7.05 Å². The van der Waals surface area contributed by atoms with Crippen LogP contribution in [0.1, 0.15) is 12.5 Å². The van der Waals surface area contributed by atoms with Crippen molar-refractivity contribution in [1.29, 1.82) is 5.26 Å². The largest absolute Gasteiger partial charge is 0.325 e. The third-order valence-electron chi connectivity index (χ3n) is 3.85. The molecule has 130 valence electrons. The number of carbonyl (C=O) groups is 1. The van der Waals surface area contributed by atoms with E-state index < -0.39 is 5.25 Å². The van der Waals surface area contributed by atoms with Crippen LogP contribution < -0.4 is 10.9 Å². The van der Waals surface area contributed by atoms with Crippen molar-refractivity contribution in [2.45, 2.75) is 17.3 Å². The highest BCUT2D eigenvalue weighted by Gasteiger charge is 2.18. The van der Waals surface area contributed by atoms with Gasteiger partial charge in [0, 0.05) is 12.7 Å². The second-order valence-electron chi connectivity index (χ2n) is 5.72. The molecule has 26 heavy (non-hydrogen) atoms. The lowest BCUT2D eigenvalue weighted by Crippen LogP contribution is -2.25. The number of thioether (sulfide) groups is 1. The van der Waals surface area contributed by atoms with Gasteiger partial charge in [-0.05, 0) is 37.3 Å². The van der Waals surface area contributed by atoms with E-state index in [0.29, 0.717) is 27.3 Å². The van der Waals surface area contributed by atoms with E-state index in [1.807, 2.05) is 12.1 Å². The SMILES string of the molecule is CC(Sc1nc2ccccc2c(=O)n1C)C(=O)Nc1cccc(C#N)c1. The van der Waals surface area contributed by atoms with Crippen LogP contribution in [0.4, 0.5) is 5.69 Å². The quantitative estimate of drug-likeness (QED) is 0.568. The van der Waals surface area contributed by atoms with E-state index >= 15 is 0 Å². The molecule has 3 aromatic rings. The molecule has 0 saturated carbocycles. The Morgan fingerprint density at radius 3 is 2.81 bits per heavy atom. The molecular formula is C19H16N4O2S. The smallest absolute Gasteiger partial charge is 0.261 e. The molecule has 0 bridgehead atoms. The van der Waals surface area contributed by atoms with Crippen LogP contribution in [0.3, 0.4) is 0 Å². The van der Waals surface area contributed by atoms with Crippen LogP contribution in [0, 0.1) is 11.3 Å². The standard InChI is InChI=1S/C19H16N4O2S/c1-12(17(24)21-14-7-5-6-13(10-14)11-20)26-19-22-16-9-4-3-8-15(16)18(25)23(19)2/h3-10,12H,1-2H3,(H,21,24). The number of aromatic nitrogens is 2. The fourth-order valence-electron chi connectivity index (χ4n) is 2.42. The van der Waals surface area contributed by atoms with Gasteiger partial charge in [-0.2, -0.15) is 5.26 Å². The van der Waals surface area contributed by atoms with E-state index in [0.717, 1.165) is 0 Å². The molecule has 1 atom stereocenters. The first-order valence-electron chi connectivity index (χ1n) is 7.93. The third-order valence-corrected chi connectivity index (χ3v) is 5.00. The maximum atomic E-state index is 12.4. The summed E-state index contributed by atoms with van der Waals surface area (Å²) in [4.78, 5) is 29.4. The molecule has 0 aliphatic heterocycles. The zero-order valence-corrected chi connectivity index (χ0v) is 15.1. The van der Waals surface area contributed by atoms with Gasteiger partial charge in [-0.1, -0.05) is 30.0 Å². The number of hydrogen-bond donors (Lipinski definition) is 1. The lowest BCUT2D eigenvalue weighted by atomic mass is 10.2. The molecule has 0 spiro atoms. The molecule has 0 saturated heterocycles. The minimum atomic E-state index is -0.472. The number of nitriles is 1. The number of carbonyl (C=O) groups excluding carboxylic acids is 1. The van der Waals surface area contributed by atoms with Gasteiger partial charge in [0.2, 0.25) is 5.91 Å². The first-order valence-corrected chi connectivity index (χ1v) is 8.81. The van der Waals surface area contributed by atoms with Crippen LogP contribution in [-0.4, -0.2) is 20.7 Å². The van der Waals surface area contributed by atoms with Gasteiger partial charge in [0.1, 0.15) is 0 Å². The highest BCUT2D eigenvalue weighted by atomic mass is 32.2. The van der Waals surface area contributed by atoms with E-state index in [-0.39, 0.29) is 11.5 Å². The number of rotatable bonds is 4. The lowest BCUT2D eigenvalue weighted by Gasteiger charge is -2.14. The average Bonchev–Trinajstić information content (AvgIpc) is 2.66. The first kappa shape index (κ1) is 17.7. The number of hydrogen-bond acceptors (Lipinski definition) is 5. The van der Waals surface area contributed by atoms with Crippen molar-refractivity contribution in [2.75, 3.05) is 5.32 Å². The summed E-state index contributed by atoms with van der Waals surface area (Å²) in [6.45, 7) is 1.75. The first-order chi connectivity index (χ1) is 12.5. The van der Waals surface area contributed by atoms with Crippen LogP contribution in [0.25, 0.3) is 10.9 Å². The molecule has 0 fully saturated rings. The minimum absolute atomic E-state index is 0.146. The van der Waals surface area contributed by atoms with Crippen molar-refractivity contribution in [3.8, 4) is 6.07 Å². The molecule has 1 aromatic heterocycles. The predicted molar refractivity (Wildman–Crippen MR) is 102 cm³/mol. The Hall–Kier alpha value is -3.11. The van der Waals surface area contributed by atoms with E-state index in [4.69, 9.17) is 5.26 Å². The van der Waals surface area contributed by atoms with Crippen LogP contribution >= 0.6 is 11.8 Å². The van der Waals surface area contributed by atoms with Gasteiger partial charge in [-0.25, -0.2) is 4.98 Å². The number of benzene rings is 2. The molecular weight excluding hydrogens is 348 g/mol. The molecule has 6 nitrogen and oxygen atoms in total. The molecule has 0 aliphatic rings. The second kappa shape index (κ2) is 7.42. The molecule has 1 unspecified atom stereocenters. The summed E-state index contributed by atoms with van der Waals surface area (Å²) >= 11 is 1.21.